The van der Waals surface area contributed by atoms with Gasteiger partial charge in [-0.3, -0.25) is 4.79 Å². The number of rotatable bonds is 8. The maximum absolute atomic E-state index is 12.2. The largest absolute Gasteiger partial charge is 0.441 e. The van der Waals surface area contributed by atoms with Gasteiger partial charge in [-0.05, 0) is 25.5 Å². The van der Waals surface area contributed by atoms with Crippen LogP contribution in [0.5, 0.6) is 0 Å². The first-order valence-electron chi connectivity index (χ1n) is 8.60. The first-order valence-corrected chi connectivity index (χ1v) is 9.48. The fourth-order valence-corrected chi connectivity index (χ4v) is 3.62. The van der Waals surface area contributed by atoms with Crippen molar-refractivity contribution in [3.63, 3.8) is 0 Å². The van der Waals surface area contributed by atoms with Gasteiger partial charge in [0.25, 0.3) is 0 Å². The third kappa shape index (κ3) is 4.80. The minimum absolute atomic E-state index is 0.00728. The molecule has 0 fully saturated rings. The standard InChI is InChI=1S/C20H23N3O2S/c1-23(2)16(18-9-6-12-26-18)13-21-19(24)10-11-20-22-14-17(25-20)15-7-4-3-5-8-15/h3-9,12,14,16H,10-11,13H2,1-2H3,(H,21,24). The van der Waals surface area contributed by atoms with Crippen LogP contribution < -0.4 is 5.32 Å². The van der Waals surface area contributed by atoms with Gasteiger partial charge in [-0.1, -0.05) is 36.4 Å². The van der Waals surface area contributed by atoms with Crippen molar-refractivity contribution >= 4 is 17.2 Å². The zero-order chi connectivity index (χ0) is 18.4. The Hall–Kier alpha value is -2.44. The van der Waals surface area contributed by atoms with Crippen molar-refractivity contribution < 1.29 is 9.21 Å². The van der Waals surface area contributed by atoms with Crippen molar-refractivity contribution in [3.8, 4) is 11.3 Å². The minimum Gasteiger partial charge on any atom is -0.441 e. The predicted octanol–water partition coefficient (Wildman–Crippen LogP) is 3.75. The number of likely N-dealkylation sites (N-methyl/N-ethyl adjacent to an activating group) is 1. The van der Waals surface area contributed by atoms with Gasteiger partial charge >= 0.3 is 0 Å². The normalized spacial score (nSPS) is 12.3. The van der Waals surface area contributed by atoms with Crippen LogP contribution in [-0.2, 0) is 11.2 Å². The molecule has 0 spiro atoms. The van der Waals surface area contributed by atoms with E-state index in [-0.39, 0.29) is 11.9 Å². The van der Waals surface area contributed by atoms with Crippen LogP contribution in [0.2, 0.25) is 0 Å². The van der Waals surface area contributed by atoms with Gasteiger partial charge in [0.05, 0.1) is 12.2 Å². The molecular formula is C20H23N3O2S. The molecule has 2 heterocycles. The molecule has 5 nitrogen and oxygen atoms in total. The van der Waals surface area contributed by atoms with E-state index < -0.39 is 0 Å². The van der Waals surface area contributed by atoms with E-state index in [0.29, 0.717) is 25.3 Å². The van der Waals surface area contributed by atoms with Crippen LogP contribution in [0.15, 0.2) is 58.5 Å². The van der Waals surface area contributed by atoms with Gasteiger partial charge in [-0.2, -0.15) is 0 Å². The number of aryl methyl sites for hydroxylation is 1. The molecule has 0 aliphatic heterocycles. The van der Waals surface area contributed by atoms with Crippen molar-refractivity contribution in [2.45, 2.75) is 18.9 Å². The summed E-state index contributed by atoms with van der Waals surface area (Å²) in [6.45, 7) is 0.590. The molecule has 0 bridgehead atoms. The molecule has 3 rings (SSSR count). The molecule has 1 amide bonds. The fraction of sp³-hybridized carbons (Fsp3) is 0.300. The Morgan fingerprint density at radius 2 is 2.04 bits per heavy atom. The average molecular weight is 369 g/mol. The van der Waals surface area contributed by atoms with E-state index in [9.17, 15) is 4.79 Å². The SMILES string of the molecule is CN(C)C(CNC(=O)CCc1ncc(-c2ccccc2)o1)c1cccs1. The summed E-state index contributed by atoms with van der Waals surface area (Å²) in [4.78, 5) is 19.8. The summed E-state index contributed by atoms with van der Waals surface area (Å²) in [6.07, 6.45) is 2.56. The zero-order valence-corrected chi connectivity index (χ0v) is 15.8. The van der Waals surface area contributed by atoms with Gasteiger partial charge in [0, 0.05) is 29.8 Å². The molecule has 6 heteroatoms. The summed E-state index contributed by atoms with van der Waals surface area (Å²) < 4.78 is 5.75. The van der Waals surface area contributed by atoms with Gasteiger partial charge < -0.3 is 14.6 Å². The van der Waals surface area contributed by atoms with Crippen molar-refractivity contribution in [1.29, 1.82) is 0 Å². The second kappa shape index (κ2) is 8.78. The summed E-state index contributed by atoms with van der Waals surface area (Å²) in [6, 6.07) is 14.1. The first-order chi connectivity index (χ1) is 12.6. The predicted molar refractivity (Wildman–Crippen MR) is 104 cm³/mol. The van der Waals surface area contributed by atoms with Gasteiger partial charge in [-0.15, -0.1) is 11.3 Å². The number of carbonyl (C=O) groups is 1. The highest BCUT2D eigenvalue weighted by atomic mass is 32.1. The third-order valence-electron chi connectivity index (χ3n) is 4.17. The van der Waals surface area contributed by atoms with E-state index in [1.165, 1.54) is 4.88 Å². The third-order valence-corrected chi connectivity index (χ3v) is 5.14. The molecule has 0 aliphatic carbocycles. The van der Waals surface area contributed by atoms with Crippen molar-refractivity contribution in [3.05, 3.63) is 64.8 Å². The van der Waals surface area contributed by atoms with E-state index in [1.807, 2.05) is 50.5 Å². The zero-order valence-electron chi connectivity index (χ0n) is 15.0. The second-order valence-corrected chi connectivity index (χ2v) is 7.26. The minimum atomic E-state index is 0.00728. The van der Waals surface area contributed by atoms with Gasteiger partial charge in [0.2, 0.25) is 5.91 Å². The number of amides is 1. The molecule has 0 aliphatic rings. The Balaban J connectivity index is 1.49. The Bertz CT molecular complexity index is 813. The van der Waals surface area contributed by atoms with Crippen LogP contribution in [-0.4, -0.2) is 36.4 Å². The number of nitrogens with zero attached hydrogens (tertiary/aromatic N) is 2. The monoisotopic (exact) mass is 369 g/mol. The van der Waals surface area contributed by atoms with E-state index >= 15 is 0 Å². The molecule has 3 aromatic rings. The number of hydrogen-bond acceptors (Lipinski definition) is 5. The number of benzene rings is 1. The number of thiophene rings is 1. The molecule has 136 valence electrons. The van der Waals surface area contributed by atoms with E-state index in [1.54, 1.807) is 17.5 Å². The average Bonchev–Trinajstić information content (AvgIpc) is 3.33. The van der Waals surface area contributed by atoms with E-state index in [4.69, 9.17) is 4.42 Å². The molecule has 1 unspecified atom stereocenters. The summed E-state index contributed by atoms with van der Waals surface area (Å²) in [7, 11) is 4.04. The summed E-state index contributed by atoms with van der Waals surface area (Å²) >= 11 is 1.70. The lowest BCUT2D eigenvalue weighted by atomic mass is 10.2. The lowest BCUT2D eigenvalue weighted by molar-refractivity contribution is -0.121. The smallest absolute Gasteiger partial charge is 0.220 e. The van der Waals surface area contributed by atoms with Crippen LogP contribution in [0.1, 0.15) is 23.2 Å². The fourth-order valence-electron chi connectivity index (χ4n) is 2.70. The van der Waals surface area contributed by atoms with E-state index in [0.717, 1.165) is 11.3 Å². The molecular weight excluding hydrogens is 346 g/mol. The molecule has 1 aromatic carbocycles. The van der Waals surface area contributed by atoms with Crippen molar-refractivity contribution in [2.24, 2.45) is 0 Å². The molecule has 0 saturated heterocycles. The highest BCUT2D eigenvalue weighted by Gasteiger charge is 2.16. The summed E-state index contributed by atoms with van der Waals surface area (Å²) in [5.74, 6) is 1.32. The van der Waals surface area contributed by atoms with Crippen LogP contribution in [0.4, 0.5) is 0 Å². The molecule has 1 atom stereocenters. The Morgan fingerprint density at radius 1 is 1.23 bits per heavy atom. The maximum Gasteiger partial charge on any atom is 0.220 e. The number of aromatic nitrogens is 1. The Kier molecular flexibility index (Phi) is 6.20. The quantitative estimate of drug-likeness (QED) is 0.657. The highest BCUT2D eigenvalue weighted by molar-refractivity contribution is 7.10. The van der Waals surface area contributed by atoms with E-state index in [2.05, 4.69) is 26.6 Å². The molecule has 26 heavy (non-hydrogen) atoms. The summed E-state index contributed by atoms with van der Waals surface area (Å²) in [5.41, 5.74) is 0.987. The summed E-state index contributed by atoms with van der Waals surface area (Å²) in [5, 5.41) is 5.07. The highest BCUT2D eigenvalue weighted by Crippen LogP contribution is 2.22. The second-order valence-electron chi connectivity index (χ2n) is 6.28. The van der Waals surface area contributed by atoms with Gasteiger partial charge in [-0.25, -0.2) is 4.98 Å². The van der Waals surface area contributed by atoms with Crippen LogP contribution >= 0.6 is 11.3 Å². The number of nitrogens with one attached hydrogen (secondary N) is 1. The van der Waals surface area contributed by atoms with Crippen LogP contribution in [0.3, 0.4) is 0 Å². The first kappa shape index (κ1) is 18.4. The Labute approximate surface area is 157 Å². The number of oxazole rings is 1. The van der Waals surface area contributed by atoms with Gasteiger partial charge in [0.1, 0.15) is 0 Å². The van der Waals surface area contributed by atoms with Gasteiger partial charge in [0.15, 0.2) is 11.7 Å². The number of hydrogen-bond donors (Lipinski definition) is 1. The topological polar surface area (TPSA) is 58.4 Å². The molecule has 0 saturated carbocycles. The maximum atomic E-state index is 12.2. The molecule has 0 radical (unpaired) electrons. The van der Waals surface area contributed by atoms with Crippen molar-refractivity contribution in [2.75, 3.05) is 20.6 Å². The molecule has 1 N–H and O–H groups in total. The van der Waals surface area contributed by atoms with Crippen LogP contribution in [0.25, 0.3) is 11.3 Å². The Morgan fingerprint density at radius 3 is 2.73 bits per heavy atom. The molecule has 2 aromatic heterocycles. The van der Waals surface area contributed by atoms with Crippen molar-refractivity contribution in [1.82, 2.24) is 15.2 Å². The lowest BCUT2D eigenvalue weighted by Crippen LogP contribution is -2.34. The lowest BCUT2D eigenvalue weighted by Gasteiger charge is -2.23. The van der Waals surface area contributed by atoms with Crippen LogP contribution in [0, 0.1) is 0 Å². The number of carbonyl (C=O) groups excluding carboxylic acids is 1.